The van der Waals surface area contributed by atoms with Gasteiger partial charge in [0.2, 0.25) is 5.91 Å². The molecule has 32 heavy (non-hydrogen) atoms. The average Bonchev–Trinajstić information content (AvgIpc) is 2.85. The van der Waals surface area contributed by atoms with Gasteiger partial charge in [-0.25, -0.2) is 0 Å². The van der Waals surface area contributed by atoms with Crippen LogP contribution in [-0.4, -0.2) is 60.5 Å². The summed E-state index contributed by atoms with van der Waals surface area (Å²) < 4.78 is 5.33. The lowest BCUT2D eigenvalue weighted by molar-refractivity contribution is -0.134. The fraction of sp³-hybridized carbons (Fsp3) is 0.556. The van der Waals surface area contributed by atoms with Crippen molar-refractivity contribution >= 4 is 5.91 Å². The van der Waals surface area contributed by atoms with E-state index in [1.165, 1.54) is 30.4 Å². The van der Waals surface area contributed by atoms with E-state index >= 15 is 0 Å². The number of rotatable bonds is 7. The van der Waals surface area contributed by atoms with Crippen molar-refractivity contribution in [1.29, 1.82) is 0 Å². The number of pyridine rings is 1. The summed E-state index contributed by atoms with van der Waals surface area (Å²) in [6.45, 7) is 2.47. The first-order valence-corrected chi connectivity index (χ1v) is 12.2. The Bertz CT molecular complexity index is 877. The number of methoxy groups -OCH3 is 1. The van der Waals surface area contributed by atoms with E-state index in [0.717, 1.165) is 56.6 Å². The largest absolute Gasteiger partial charge is 0.497 e. The number of aromatic nitrogens is 1. The predicted octanol–water partition coefficient (Wildman–Crippen LogP) is 4.65. The monoisotopic (exact) mass is 435 g/mol. The van der Waals surface area contributed by atoms with Gasteiger partial charge in [0.1, 0.15) is 5.75 Å². The number of amides is 1. The zero-order valence-electron chi connectivity index (χ0n) is 19.6. The van der Waals surface area contributed by atoms with Gasteiger partial charge < -0.3 is 9.64 Å². The van der Waals surface area contributed by atoms with Gasteiger partial charge in [-0.05, 0) is 68.0 Å². The molecule has 1 aliphatic heterocycles. The van der Waals surface area contributed by atoms with E-state index in [0.29, 0.717) is 18.5 Å². The number of likely N-dealkylation sites (N-methyl/N-ethyl adjacent to an activating group) is 1. The lowest BCUT2D eigenvalue weighted by atomic mass is 9.93. The van der Waals surface area contributed by atoms with Crippen molar-refractivity contribution in [2.24, 2.45) is 0 Å². The number of hydrogen-bond donors (Lipinski definition) is 0. The Morgan fingerprint density at radius 1 is 1.09 bits per heavy atom. The third-order valence-electron chi connectivity index (χ3n) is 7.19. The van der Waals surface area contributed by atoms with Crippen LogP contribution in [-0.2, 0) is 11.2 Å². The van der Waals surface area contributed by atoms with Crippen LogP contribution in [0.1, 0.15) is 67.7 Å². The molecule has 2 fully saturated rings. The van der Waals surface area contributed by atoms with Gasteiger partial charge in [0.15, 0.2) is 0 Å². The molecule has 1 aromatic carbocycles. The molecular weight excluding hydrogens is 398 g/mol. The second-order valence-electron chi connectivity index (χ2n) is 9.49. The van der Waals surface area contributed by atoms with E-state index < -0.39 is 0 Å². The fourth-order valence-corrected chi connectivity index (χ4v) is 5.22. The Morgan fingerprint density at radius 2 is 1.94 bits per heavy atom. The molecule has 5 nitrogen and oxygen atoms in total. The van der Waals surface area contributed by atoms with Crippen LogP contribution in [0.5, 0.6) is 5.75 Å². The molecule has 0 spiro atoms. The molecule has 2 aromatic rings. The Morgan fingerprint density at radius 3 is 2.69 bits per heavy atom. The van der Waals surface area contributed by atoms with E-state index in [4.69, 9.17) is 9.72 Å². The topological polar surface area (TPSA) is 45.7 Å². The van der Waals surface area contributed by atoms with Crippen LogP contribution in [0, 0.1) is 0 Å². The molecule has 0 unspecified atom stereocenters. The molecule has 0 radical (unpaired) electrons. The van der Waals surface area contributed by atoms with Crippen LogP contribution in [0.4, 0.5) is 0 Å². The van der Waals surface area contributed by atoms with Gasteiger partial charge in [-0.15, -0.1) is 0 Å². The van der Waals surface area contributed by atoms with E-state index in [1.54, 1.807) is 7.11 Å². The normalized spacial score (nSPS) is 20.1. The van der Waals surface area contributed by atoms with E-state index in [2.05, 4.69) is 29.2 Å². The minimum Gasteiger partial charge on any atom is -0.497 e. The van der Waals surface area contributed by atoms with Gasteiger partial charge in [-0.2, -0.15) is 0 Å². The number of ether oxygens (including phenoxy) is 1. The van der Waals surface area contributed by atoms with Crippen LogP contribution in [0.15, 0.2) is 42.6 Å². The molecule has 1 aliphatic carbocycles. The van der Waals surface area contributed by atoms with Crippen molar-refractivity contribution in [3.05, 3.63) is 59.4 Å². The summed E-state index contributed by atoms with van der Waals surface area (Å²) in [7, 11) is 3.70. The number of nitrogens with zero attached hydrogens (tertiary/aromatic N) is 3. The summed E-state index contributed by atoms with van der Waals surface area (Å²) in [5, 5.41) is 0. The zero-order chi connectivity index (χ0) is 22.3. The molecule has 1 atom stereocenters. The SMILES string of the molecule is COc1cccc(Cc2ccc([C@@H]3CCCN(CC(=O)N(C)C4CCCCC4)C3)nc2)c1. The molecule has 1 amide bonds. The number of piperidine rings is 1. The van der Waals surface area contributed by atoms with Crippen molar-refractivity contribution in [3.8, 4) is 5.75 Å². The zero-order valence-corrected chi connectivity index (χ0v) is 19.6. The van der Waals surface area contributed by atoms with Gasteiger partial charge in [0.05, 0.1) is 13.7 Å². The van der Waals surface area contributed by atoms with Gasteiger partial charge in [-0.3, -0.25) is 14.7 Å². The molecule has 5 heteroatoms. The standard InChI is InChI=1S/C27H37N3O2/c1-29(24-10-4-3-5-11-24)27(31)20-30-15-7-9-23(19-30)26-14-13-22(18-28-26)16-21-8-6-12-25(17-21)32-2/h6,8,12-14,17-18,23-24H,3-5,7,9-11,15-16,19-20H2,1-2H3/t23-/m1/s1. The number of hydrogen-bond acceptors (Lipinski definition) is 4. The van der Waals surface area contributed by atoms with E-state index in [1.807, 2.05) is 30.3 Å². The molecular formula is C27H37N3O2. The first-order chi connectivity index (χ1) is 15.6. The number of benzene rings is 1. The molecule has 172 valence electrons. The summed E-state index contributed by atoms with van der Waals surface area (Å²) in [6, 6.07) is 13.0. The van der Waals surface area contributed by atoms with E-state index in [-0.39, 0.29) is 5.91 Å². The molecule has 1 saturated carbocycles. The van der Waals surface area contributed by atoms with E-state index in [9.17, 15) is 4.79 Å². The quantitative estimate of drug-likeness (QED) is 0.635. The molecule has 0 bridgehead atoms. The summed E-state index contributed by atoms with van der Waals surface area (Å²) in [4.78, 5) is 22.0. The molecule has 1 aromatic heterocycles. The smallest absolute Gasteiger partial charge is 0.236 e. The summed E-state index contributed by atoms with van der Waals surface area (Å²) >= 11 is 0. The number of carbonyl (C=O) groups excluding carboxylic acids is 1. The minimum absolute atomic E-state index is 0.277. The van der Waals surface area contributed by atoms with Gasteiger partial charge in [0.25, 0.3) is 0 Å². The lowest BCUT2D eigenvalue weighted by Crippen LogP contribution is -2.46. The molecule has 2 heterocycles. The first-order valence-electron chi connectivity index (χ1n) is 12.2. The van der Waals surface area contributed by atoms with Crippen molar-refractivity contribution < 1.29 is 9.53 Å². The third kappa shape index (κ3) is 5.89. The highest BCUT2D eigenvalue weighted by molar-refractivity contribution is 5.78. The van der Waals surface area contributed by atoms with Crippen LogP contribution in [0.25, 0.3) is 0 Å². The summed E-state index contributed by atoms with van der Waals surface area (Å²) in [5.74, 6) is 1.57. The average molecular weight is 436 g/mol. The maximum Gasteiger partial charge on any atom is 0.236 e. The van der Waals surface area contributed by atoms with Crippen LogP contribution in [0.2, 0.25) is 0 Å². The Balaban J connectivity index is 1.32. The third-order valence-corrected chi connectivity index (χ3v) is 7.19. The van der Waals surface area contributed by atoms with Crippen molar-refractivity contribution in [2.45, 2.75) is 63.3 Å². The Labute approximate surface area is 192 Å². The number of likely N-dealkylation sites (tertiary alicyclic amines) is 1. The highest BCUT2D eigenvalue weighted by atomic mass is 16.5. The van der Waals surface area contributed by atoms with Gasteiger partial charge >= 0.3 is 0 Å². The summed E-state index contributed by atoms with van der Waals surface area (Å²) in [5.41, 5.74) is 3.58. The molecule has 2 aliphatic rings. The minimum atomic E-state index is 0.277. The van der Waals surface area contributed by atoms with Crippen molar-refractivity contribution in [3.63, 3.8) is 0 Å². The van der Waals surface area contributed by atoms with Gasteiger partial charge in [0, 0.05) is 37.4 Å². The highest BCUT2D eigenvalue weighted by Crippen LogP contribution is 2.27. The van der Waals surface area contributed by atoms with Crippen molar-refractivity contribution in [1.82, 2.24) is 14.8 Å². The summed E-state index contributed by atoms with van der Waals surface area (Å²) in [6.07, 6.45) is 11.3. The van der Waals surface area contributed by atoms with Crippen LogP contribution in [0.3, 0.4) is 0 Å². The Hall–Kier alpha value is -2.40. The Kier molecular flexibility index (Phi) is 7.80. The maximum absolute atomic E-state index is 12.9. The lowest BCUT2D eigenvalue weighted by Gasteiger charge is -2.36. The maximum atomic E-state index is 12.9. The van der Waals surface area contributed by atoms with Gasteiger partial charge in [-0.1, -0.05) is 37.5 Å². The molecule has 4 rings (SSSR count). The van der Waals surface area contributed by atoms with Crippen LogP contribution >= 0.6 is 0 Å². The second-order valence-corrected chi connectivity index (χ2v) is 9.49. The molecule has 1 saturated heterocycles. The van der Waals surface area contributed by atoms with Crippen LogP contribution < -0.4 is 4.74 Å². The fourth-order valence-electron chi connectivity index (χ4n) is 5.22. The second kappa shape index (κ2) is 11.0. The highest BCUT2D eigenvalue weighted by Gasteiger charge is 2.27. The predicted molar refractivity (Wildman–Crippen MR) is 128 cm³/mol. The first kappa shape index (κ1) is 22.8. The molecule has 0 N–H and O–H groups in total. The van der Waals surface area contributed by atoms with Crippen molar-refractivity contribution in [2.75, 3.05) is 33.8 Å². The number of carbonyl (C=O) groups is 1.